The molecular weight excluding hydrogens is 208 g/mol. The lowest BCUT2D eigenvalue weighted by atomic mass is 9.89. The summed E-state index contributed by atoms with van der Waals surface area (Å²) in [5.41, 5.74) is 4.25. The van der Waals surface area contributed by atoms with Gasteiger partial charge >= 0.3 is 0 Å². The smallest absolute Gasteiger partial charge is 0.0457 e. The highest BCUT2D eigenvalue weighted by Crippen LogP contribution is 2.31. The zero-order valence-corrected chi connectivity index (χ0v) is 10.4. The summed E-state index contributed by atoms with van der Waals surface area (Å²) in [6, 6.07) is 6.81. The highest BCUT2D eigenvalue weighted by atomic mass is 14.9. The lowest BCUT2D eigenvalue weighted by Gasteiger charge is -2.22. The fourth-order valence-corrected chi connectivity index (χ4v) is 2.88. The van der Waals surface area contributed by atoms with Crippen LogP contribution in [-0.4, -0.2) is 18.1 Å². The summed E-state index contributed by atoms with van der Waals surface area (Å²) in [5, 5.41) is 4.88. The normalized spacial score (nSPS) is 17.7. The predicted molar refractivity (Wildman–Crippen MR) is 72.5 cm³/mol. The first-order chi connectivity index (χ1) is 8.38. The molecule has 3 rings (SSSR count). The molecule has 90 valence electrons. The zero-order valence-electron chi connectivity index (χ0n) is 10.4. The van der Waals surface area contributed by atoms with E-state index in [1.54, 1.807) is 0 Å². The van der Waals surface area contributed by atoms with Gasteiger partial charge in [-0.2, -0.15) is 0 Å². The average Bonchev–Trinajstić information content (AvgIpc) is 2.82. The van der Waals surface area contributed by atoms with Crippen molar-refractivity contribution >= 4 is 10.9 Å². The summed E-state index contributed by atoms with van der Waals surface area (Å²) in [6.07, 6.45) is 5.87. The van der Waals surface area contributed by atoms with Crippen LogP contribution >= 0.6 is 0 Å². The minimum absolute atomic E-state index is 0.733. The molecule has 0 spiro atoms. The molecule has 17 heavy (non-hydrogen) atoms. The lowest BCUT2D eigenvalue weighted by molar-refractivity contribution is 0.462. The minimum Gasteiger partial charge on any atom is -0.361 e. The molecule has 2 N–H and O–H groups in total. The maximum atomic E-state index is 3.44. The van der Waals surface area contributed by atoms with Gasteiger partial charge in [-0.15, -0.1) is 0 Å². The van der Waals surface area contributed by atoms with Crippen LogP contribution in [0.3, 0.4) is 0 Å². The van der Waals surface area contributed by atoms with E-state index in [4.69, 9.17) is 0 Å². The van der Waals surface area contributed by atoms with Gasteiger partial charge in [0, 0.05) is 17.1 Å². The van der Waals surface area contributed by atoms with Crippen LogP contribution in [0.1, 0.15) is 36.8 Å². The third-order valence-electron chi connectivity index (χ3n) is 3.97. The number of benzene rings is 1. The van der Waals surface area contributed by atoms with E-state index in [-0.39, 0.29) is 0 Å². The summed E-state index contributed by atoms with van der Waals surface area (Å²) in [5.74, 6) is 0.733. The Labute approximate surface area is 102 Å². The Bertz CT molecular complexity index is 507. The van der Waals surface area contributed by atoms with E-state index >= 15 is 0 Å². The van der Waals surface area contributed by atoms with Crippen LogP contribution in [0.5, 0.6) is 0 Å². The number of piperidine rings is 1. The van der Waals surface area contributed by atoms with E-state index in [9.17, 15) is 0 Å². The van der Waals surface area contributed by atoms with Crippen LogP contribution in [0.15, 0.2) is 24.4 Å². The SMILES string of the molecule is CCc1ccc2[nH]cc(C3CCNCC3)c2c1. The summed E-state index contributed by atoms with van der Waals surface area (Å²) in [4.78, 5) is 3.42. The second-order valence-electron chi connectivity index (χ2n) is 5.00. The van der Waals surface area contributed by atoms with Crippen LogP contribution in [0, 0.1) is 0 Å². The number of fused-ring (bicyclic) bond motifs is 1. The summed E-state index contributed by atoms with van der Waals surface area (Å²) >= 11 is 0. The molecule has 0 amide bonds. The van der Waals surface area contributed by atoms with E-state index in [2.05, 4.69) is 41.6 Å². The van der Waals surface area contributed by atoms with Gasteiger partial charge in [-0.1, -0.05) is 13.0 Å². The fraction of sp³-hybridized carbons (Fsp3) is 0.467. The van der Waals surface area contributed by atoms with E-state index < -0.39 is 0 Å². The molecule has 1 fully saturated rings. The van der Waals surface area contributed by atoms with Crippen LogP contribution in [0.25, 0.3) is 10.9 Å². The minimum atomic E-state index is 0.733. The highest BCUT2D eigenvalue weighted by molar-refractivity contribution is 5.84. The quantitative estimate of drug-likeness (QED) is 0.811. The third-order valence-corrected chi connectivity index (χ3v) is 3.97. The van der Waals surface area contributed by atoms with Crippen molar-refractivity contribution in [2.45, 2.75) is 32.1 Å². The molecule has 0 saturated carbocycles. The maximum absolute atomic E-state index is 3.44. The Hall–Kier alpha value is -1.28. The van der Waals surface area contributed by atoms with Crippen LogP contribution in [0.2, 0.25) is 0 Å². The van der Waals surface area contributed by atoms with E-state index in [1.165, 1.54) is 34.9 Å². The molecule has 1 aromatic heterocycles. The van der Waals surface area contributed by atoms with Crippen molar-refractivity contribution in [2.24, 2.45) is 0 Å². The van der Waals surface area contributed by atoms with E-state index in [1.807, 2.05) is 0 Å². The molecule has 0 bridgehead atoms. The molecule has 2 heterocycles. The fourth-order valence-electron chi connectivity index (χ4n) is 2.88. The van der Waals surface area contributed by atoms with Crippen LogP contribution in [0.4, 0.5) is 0 Å². The molecule has 2 heteroatoms. The monoisotopic (exact) mass is 228 g/mol. The number of aryl methyl sites for hydroxylation is 1. The standard InChI is InChI=1S/C15H20N2/c1-2-11-3-4-15-13(9-11)14(10-17-15)12-5-7-16-8-6-12/h3-4,9-10,12,16-17H,2,5-8H2,1H3. The van der Waals surface area contributed by atoms with Gasteiger partial charge < -0.3 is 10.3 Å². The third kappa shape index (κ3) is 1.98. The Morgan fingerprint density at radius 2 is 2.06 bits per heavy atom. The number of hydrogen-bond acceptors (Lipinski definition) is 1. The van der Waals surface area contributed by atoms with E-state index in [0.29, 0.717) is 0 Å². The molecule has 0 atom stereocenters. The number of H-pyrrole nitrogens is 1. The van der Waals surface area contributed by atoms with Gasteiger partial charge in [0.25, 0.3) is 0 Å². The Kier molecular flexibility index (Phi) is 2.89. The van der Waals surface area contributed by atoms with Gasteiger partial charge in [-0.3, -0.25) is 0 Å². The number of aromatic amines is 1. The topological polar surface area (TPSA) is 27.8 Å². The van der Waals surface area contributed by atoms with Gasteiger partial charge in [0.1, 0.15) is 0 Å². The van der Waals surface area contributed by atoms with Crippen molar-refractivity contribution in [3.63, 3.8) is 0 Å². The van der Waals surface area contributed by atoms with Crippen molar-refractivity contribution in [3.05, 3.63) is 35.5 Å². The van der Waals surface area contributed by atoms with Gasteiger partial charge in [0.05, 0.1) is 0 Å². The maximum Gasteiger partial charge on any atom is 0.0457 e. The first-order valence-electron chi connectivity index (χ1n) is 6.69. The second kappa shape index (κ2) is 4.53. The second-order valence-corrected chi connectivity index (χ2v) is 5.00. The predicted octanol–water partition coefficient (Wildman–Crippen LogP) is 3.20. The Morgan fingerprint density at radius 1 is 1.24 bits per heavy atom. The molecule has 1 aromatic carbocycles. The van der Waals surface area contributed by atoms with Crippen molar-refractivity contribution in [2.75, 3.05) is 13.1 Å². The van der Waals surface area contributed by atoms with Gasteiger partial charge in [-0.25, -0.2) is 0 Å². The molecule has 1 aliphatic rings. The first-order valence-corrected chi connectivity index (χ1v) is 6.69. The van der Waals surface area contributed by atoms with Crippen molar-refractivity contribution in [1.82, 2.24) is 10.3 Å². The largest absolute Gasteiger partial charge is 0.361 e. The molecule has 1 saturated heterocycles. The summed E-state index contributed by atoms with van der Waals surface area (Å²) in [7, 11) is 0. The van der Waals surface area contributed by atoms with Gasteiger partial charge in [-0.05, 0) is 61.5 Å². The number of nitrogens with one attached hydrogen (secondary N) is 2. The first kappa shape index (κ1) is 10.8. The van der Waals surface area contributed by atoms with Gasteiger partial charge in [0.2, 0.25) is 0 Å². The average molecular weight is 228 g/mol. The van der Waals surface area contributed by atoms with Crippen molar-refractivity contribution < 1.29 is 0 Å². The molecule has 2 aromatic rings. The molecular formula is C15H20N2. The number of rotatable bonds is 2. The van der Waals surface area contributed by atoms with Crippen LogP contribution in [-0.2, 0) is 6.42 Å². The Morgan fingerprint density at radius 3 is 2.82 bits per heavy atom. The molecule has 2 nitrogen and oxygen atoms in total. The molecule has 0 unspecified atom stereocenters. The summed E-state index contributed by atoms with van der Waals surface area (Å²) < 4.78 is 0. The Balaban J connectivity index is 2.02. The summed E-state index contributed by atoms with van der Waals surface area (Å²) in [6.45, 7) is 4.54. The van der Waals surface area contributed by atoms with Crippen molar-refractivity contribution in [1.29, 1.82) is 0 Å². The highest BCUT2D eigenvalue weighted by Gasteiger charge is 2.18. The number of hydrogen-bond donors (Lipinski definition) is 2. The van der Waals surface area contributed by atoms with Crippen LogP contribution < -0.4 is 5.32 Å². The van der Waals surface area contributed by atoms with E-state index in [0.717, 1.165) is 25.4 Å². The molecule has 1 aliphatic heterocycles. The number of aromatic nitrogens is 1. The molecule has 0 radical (unpaired) electrons. The molecule has 0 aliphatic carbocycles. The van der Waals surface area contributed by atoms with Gasteiger partial charge in [0.15, 0.2) is 0 Å². The lowest BCUT2D eigenvalue weighted by Crippen LogP contribution is -2.26. The zero-order chi connectivity index (χ0) is 11.7. The van der Waals surface area contributed by atoms with Crippen molar-refractivity contribution in [3.8, 4) is 0 Å².